The maximum atomic E-state index is 4.00. The summed E-state index contributed by atoms with van der Waals surface area (Å²) in [5.74, 6) is 1.57. The zero-order valence-electron chi connectivity index (χ0n) is 24.0. The molecule has 0 saturated heterocycles. The molecule has 4 aliphatic rings. The Labute approximate surface area is 272 Å². The molecular weight excluding hydrogens is 607 g/mol. The fourth-order valence-electron chi connectivity index (χ4n) is 5.54. The molecule has 0 aromatic heterocycles. The third kappa shape index (κ3) is 11.9. The van der Waals surface area contributed by atoms with E-state index in [2.05, 4.69) is 84.8 Å². The standard InChI is InChI=1S/C17H11.2C7H13.C5H5.CH2.2ClH.Zr/c1-3-7-14-12(5-1)9-10-16-15-8-4-2-6-13(15)11-17(14)16;2*1-7-5-3-2-4-6-7;1-2-4-5-3-1;;;;/h1-6,8-10H,11H2;2*7H,1-6H2;1-3H,4H2;1H2;2*1H;/q4*-1;;;;. The Bertz CT molecular complexity index is 1130. The van der Waals surface area contributed by atoms with Gasteiger partial charge in [0.25, 0.3) is 0 Å². The molecule has 0 radical (unpaired) electrons. The summed E-state index contributed by atoms with van der Waals surface area (Å²) in [5, 5.41) is 2.57. The number of rotatable bonds is 0. The van der Waals surface area contributed by atoms with Gasteiger partial charge in [-0.15, -0.1) is 71.8 Å². The van der Waals surface area contributed by atoms with Gasteiger partial charge in [0, 0.05) is 0 Å². The first kappa shape index (κ1) is 36.8. The quantitative estimate of drug-likeness (QED) is 0.166. The Morgan fingerprint density at radius 3 is 1.85 bits per heavy atom. The molecule has 0 spiro atoms. The molecule has 0 bridgehead atoms. The van der Waals surface area contributed by atoms with Crippen LogP contribution in [0.2, 0.25) is 0 Å². The molecule has 2 fully saturated rings. The van der Waals surface area contributed by atoms with Crippen molar-refractivity contribution in [3.63, 3.8) is 0 Å². The first-order valence-corrected chi connectivity index (χ1v) is 16.2. The van der Waals surface area contributed by atoms with Gasteiger partial charge in [0.1, 0.15) is 0 Å². The number of hydrogen-bond acceptors (Lipinski definition) is 0. The van der Waals surface area contributed by atoms with Crippen LogP contribution < -0.4 is 0 Å². The van der Waals surface area contributed by atoms with Gasteiger partial charge in [0.05, 0.1) is 0 Å². The molecule has 40 heavy (non-hydrogen) atoms. The molecule has 0 unspecified atom stereocenters. The summed E-state index contributed by atoms with van der Waals surface area (Å²) >= 11 is 1.30. The fraction of sp³-hybridized carbons (Fsp3) is 0.378. The Morgan fingerprint density at radius 1 is 0.725 bits per heavy atom. The number of hydrogen-bond donors (Lipinski definition) is 0. The van der Waals surface area contributed by atoms with E-state index in [1.54, 1.807) is 0 Å². The summed E-state index contributed by atoms with van der Waals surface area (Å²) in [5.41, 5.74) is 5.65. The van der Waals surface area contributed by atoms with Crippen molar-refractivity contribution >= 4 is 39.8 Å². The van der Waals surface area contributed by atoms with Crippen molar-refractivity contribution < 1.29 is 24.2 Å². The van der Waals surface area contributed by atoms with Gasteiger partial charge in [-0.1, -0.05) is 106 Å². The monoisotopic (exact) mass is 650 g/mol. The minimum absolute atomic E-state index is 0. The van der Waals surface area contributed by atoms with Crippen LogP contribution in [0.4, 0.5) is 0 Å². The van der Waals surface area contributed by atoms with Gasteiger partial charge in [0.15, 0.2) is 0 Å². The van der Waals surface area contributed by atoms with Crippen molar-refractivity contribution in [2.75, 3.05) is 0 Å². The van der Waals surface area contributed by atoms with Gasteiger partial charge < -0.3 is 13.8 Å². The molecule has 4 aliphatic carbocycles. The maximum absolute atomic E-state index is 4.00. The average Bonchev–Trinajstić information content (AvgIpc) is 3.68. The van der Waals surface area contributed by atoms with Crippen molar-refractivity contribution in [3.05, 3.63) is 110 Å². The SMILES string of the molecule is Cl.Cl.[C-]1=CC=CC1.[CH2-]C1CCCCC1.[CH2-]C1CCCCC1.[CH2]=[Zr].[c-]1cccc2ccc3c(c12)Cc1ccccc1-3. The van der Waals surface area contributed by atoms with E-state index in [-0.39, 0.29) is 24.8 Å². The smallest absolute Gasteiger partial charge is 0.0246 e. The number of allylic oxidation sites excluding steroid dienone is 4. The van der Waals surface area contributed by atoms with Gasteiger partial charge in [0.2, 0.25) is 0 Å². The van der Waals surface area contributed by atoms with E-state index in [9.17, 15) is 0 Å². The van der Waals surface area contributed by atoms with Crippen LogP contribution in [0.15, 0.2) is 72.8 Å². The largest absolute Gasteiger partial charge is 0.147 e. The van der Waals surface area contributed by atoms with E-state index in [4.69, 9.17) is 0 Å². The topological polar surface area (TPSA) is 0 Å². The molecule has 7 rings (SSSR count). The maximum Gasteiger partial charge on any atom is -0.0246 e. The van der Waals surface area contributed by atoms with Crippen molar-refractivity contribution in [2.24, 2.45) is 11.8 Å². The molecule has 0 aliphatic heterocycles. The minimum atomic E-state index is 0. The van der Waals surface area contributed by atoms with Crippen LogP contribution in [0.3, 0.4) is 0 Å². The minimum Gasteiger partial charge on any atom is -0.147 e. The second-order valence-corrected chi connectivity index (χ2v) is 10.6. The normalized spacial score (nSPS) is 16.4. The van der Waals surface area contributed by atoms with Crippen LogP contribution in [-0.2, 0) is 30.7 Å². The first-order chi connectivity index (χ1) is 18.7. The van der Waals surface area contributed by atoms with Gasteiger partial charge >= 0.3 is 28.4 Å². The number of halogens is 2. The predicted molar refractivity (Wildman–Crippen MR) is 178 cm³/mol. The average molecular weight is 653 g/mol. The summed E-state index contributed by atoms with van der Waals surface area (Å²) < 4.78 is 3.34. The van der Waals surface area contributed by atoms with Gasteiger partial charge in [-0.25, -0.2) is 12.2 Å². The predicted octanol–water partition coefficient (Wildman–Crippen LogP) is 11.1. The van der Waals surface area contributed by atoms with Gasteiger partial charge in [-0.05, 0) is 17.5 Å². The third-order valence-corrected chi connectivity index (χ3v) is 7.65. The molecule has 2 saturated carbocycles. The van der Waals surface area contributed by atoms with Crippen LogP contribution in [0.1, 0.15) is 81.8 Å². The molecule has 3 aromatic rings. The van der Waals surface area contributed by atoms with Gasteiger partial charge in [-0.3, -0.25) is 6.08 Å². The molecule has 3 heteroatoms. The molecule has 3 aromatic carbocycles. The molecular formula is C37H46Cl2Zr-4. The van der Waals surface area contributed by atoms with Crippen LogP contribution in [-0.4, -0.2) is 4.21 Å². The van der Waals surface area contributed by atoms with E-state index >= 15 is 0 Å². The molecule has 0 atom stereocenters. The Balaban J connectivity index is 0.000000293. The number of benzene rings is 3. The molecule has 0 amide bonds. The zero-order valence-corrected chi connectivity index (χ0v) is 28.1. The molecule has 216 valence electrons. The van der Waals surface area contributed by atoms with E-state index in [0.29, 0.717) is 0 Å². The summed E-state index contributed by atoms with van der Waals surface area (Å²) in [6.07, 6.45) is 25.1. The van der Waals surface area contributed by atoms with E-state index < -0.39 is 0 Å². The van der Waals surface area contributed by atoms with Crippen LogP contribution in [0.25, 0.3) is 21.9 Å². The summed E-state index contributed by atoms with van der Waals surface area (Å²) in [6.45, 7) is 8.00. The van der Waals surface area contributed by atoms with Crippen molar-refractivity contribution in [3.8, 4) is 11.1 Å². The van der Waals surface area contributed by atoms with Crippen molar-refractivity contribution in [1.29, 1.82) is 0 Å². The van der Waals surface area contributed by atoms with Crippen LogP contribution in [0.5, 0.6) is 0 Å². The van der Waals surface area contributed by atoms with Crippen molar-refractivity contribution in [2.45, 2.75) is 77.0 Å². The van der Waals surface area contributed by atoms with E-state index in [1.807, 2.05) is 18.2 Å². The Kier molecular flexibility index (Phi) is 19.7. The van der Waals surface area contributed by atoms with E-state index in [0.717, 1.165) is 24.7 Å². The molecule has 0 N–H and O–H groups in total. The molecule has 0 nitrogen and oxygen atoms in total. The third-order valence-electron chi connectivity index (χ3n) is 7.65. The van der Waals surface area contributed by atoms with Crippen LogP contribution in [0, 0.1) is 37.8 Å². The summed E-state index contributed by atoms with van der Waals surface area (Å²) in [6, 6.07) is 22.7. The number of fused-ring (bicyclic) bond motifs is 5. The summed E-state index contributed by atoms with van der Waals surface area (Å²) in [7, 11) is 0. The second-order valence-electron chi connectivity index (χ2n) is 10.6. The van der Waals surface area contributed by atoms with Gasteiger partial charge in [-0.2, -0.15) is 17.9 Å². The Morgan fingerprint density at radius 2 is 1.35 bits per heavy atom. The van der Waals surface area contributed by atoms with E-state index in [1.165, 1.54) is 121 Å². The fourth-order valence-corrected chi connectivity index (χ4v) is 5.54. The molecule has 0 heterocycles. The van der Waals surface area contributed by atoms with Crippen LogP contribution >= 0.6 is 24.8 Å². The Hall–Kier alpha value is -1.27. The summed E-state index contributed by atoms with van der Waals surface area (Å²) in [4.78, 5) is 0. The second kappa shape index (κ2) is 21.4. The van der Waals surface area contributed by atoms with Crippen molar-refractivity contribution in [1.82, 2.24) is 0 Å². The zero-order chi connectivity index (χ0) is 27.0. The first-order valence-electron chi connectivity index (χ1n) is 14.5.